The summed E-state index contributed by atoms with van der Waals surface area (Å²) in [4.78, 5) is 11.4. The fourth-order valence-electron chi connectivity index (χ4n) is 2.29. The van der Waals surface area contributed by atoms with Crippen LogP contribution in [-0.2, 0) is 0 Å². The topological polar surface area (TPSA) is 41.1 Å². The average Bonchev–Trinajstić information content (AvgIpc) is 2.74. The van der Waals surface area contributed by atoms with Gasteiger partial charge in [-0.05, 0) is 33.1 Å². The van der Waals surface area contributed by atoms with Gasteiger partial charge in [-0.25, -0.2) is 4.98 Å². The number of hydrogen-bond donors (Lipinski definition) is 1. The molecule has 4 heteroatoms. The molecule has 1 saturated heterocycles. The molecule has 1 aromatic heterocycles. The summed E-state index contributed by atoms with van der Waals surface area (Å²) in [7, 11) is 0. The zero-order valence-corrected chi connectivity index (χ0v) is 11.0. The second-order valence-electron chi connectivity index (χ2n) is 4.81. The molecule has 1 atom stereocenters. The number of anilines is 2. The van der Waals surface area contributed by atoms with E-state index >= 15 is 0 Å². The molecule has 2 rings (SSSR count). The first-order valence-electron chi connectivity index (χ1n) is 6.56. The number of rotatable bonds is 4. The van der Waals surface area contributed by atoms with Crippen LogP contribution in [0.5, 0.6) is 0 Å². The molecule has 4 nitrogen and oxygen atoms in total. The van der Waals surface area contributed by atoms with E-state index in [-0.39, 0.29) is 0 Å². The van der Waals surface area contributed by atoms with Crippen LogP contribution in [-0.4, -0.2) is 29.1 Å². The van der Waals surface area contributed by atoms with Crippen molar-refractivity contribution in [1.29, 1.82) is 0 Å². The van der Waals surface area contributed by atoms with Gasteiger partial charge >= 0.3 is 0 Å². The Morgan fingerprint density at radius 3 is 3.00 bits per heavy atom. The molecular weight excluding hydrogens is 212 g/mol. The van der Waals surface area contributed by atoms with Crippen molar-refractivity contribution in [3.05, 3.63) is 11.8 Å². The molecule has 0 amide bonds. The van der Waals surface area contributed by atoms with Crippen molar-refractivity contribution < 1.29 is 0 Å². The van der Waals surface area contributed by atoms with Crippen LogP contribution in [0.1, 0.15) is 38.7 Å². The molecule has 1 unspecified atom stereocenters. The Bertz CT molecular complexity index is 378. The van der Waals surface area contributed by atoms with Crippen molar-refractivity contribution >= 4 is 11.8 Å². The summed E-state index contributed by atoms with van der Waals surface area (Å²) in [6, 6.07) is 0.600. The predicted molar refractivity (Wildman–Crippen MR) is 71.6 cm³/mol. The lowest BCUT2D eigenvalue weighted by molar-refractivity contribution is 0.723. The molecule has 1 N–H and O–H groups in total. The van der Waals surface area contributed by atoms with Crippen LogP contribution in [0, 0.1) is 6.92 Å². The molecule has 0 radical (unpaired) electrons. The minimum Gasteiger partial charge on any atom is -0.354 e. The van der Waals surface area contributed by atoms with Gasteiger partial charge in [0.15, 0.2) is 0 Å². The largest absolute Gasteiger partial charge is 0.354 e. The lowest BCUT2D eigenvalue weighted by Gasteiger charge is -2.24. The molecule has 0 aliphatic carbocycles. The zero-order chi connectivity index (χ0) is 12.3. The summed E-state index contributed by atoms with van der Waals surface area (Å²) >= 11 is 0. The zero-order valence-electron chi connectivity index (χ0n) is 11.0. The molecule has 17 heavy (non-hydrogen) atoms. The van der Waals surface area contributed by atoms with Crippen LogP contribution < -0.4 is 10.2 Å². The van der Waals surface area contributed by atoms with Crippen LogP contribution in [0.25, 0.3) is 0 Å². The fourth-order valence-corrected chi connectivity index (χ4v) is 2.29. The van der Waals surface area contributed by atoms with Crippen molar-refractivity contribution in [2.45, 2.75) is 46.1 Å². The van der Waals surface area contributed by atoms with Crippen LogP contribution >= 0.6 is 0 Å². The lowest BCUT2D eigenvalue weighted by atomic mass is 10.2. The molecule has 1 aromatic rings. The molecule has 0 aromatic carbocycles. The summed E-state index contributed by atoms with van der Waals surface area (Å²) in [6.45, 7) is 8.55. The van der Waals surface area contributed by atoms with E-state index in [0.29, 0.717) is 6.04 Å². The standard InChI is InChI=1S/C13H22N4/c1-4-7-14-13-15-9-10(2)12(16-13)17-8-5-6-11(17)3/h9,11H,4-8H2,1-3H3,(H,14,15,16). The smallest absolute Gasteiger partial charge is 0.224 e. The van der Waals surface area contributed by atoms with E-state index in [1.807, 2.05) is 6.20 Å². The Morgan fingerprint density at radius 1 is 1.53 bits per heavy atom. The highest BCUT2D eigenvalue weighted by atomic mass is 15.3. The molecule has 1 aliphatic rings. The monoisotopic (exact) mass is 234 g/mol. The van der Waals surface area contributed by atoms with Crippen molar-refractivity contribution in [1.82, 2.24) is 9.97 Å². The van der Waals surface area contributed by atoms with Crippen molar-refractivity contribution in [2.24, 2.45) is 0 Å². The van der Waals surface area contributed by atoms with Crippen molar-refractivity contribution in [3.63, 3.8) is 0 Å². The Balaban J connectivity index is 2.19. The van der Waals surface area contributed by atoms with Gasteiger partial charge in [-0.1, -0.05) is 6.92 Å². The first kappa shape index (κ1) is 12.1. The average molecular weight is 234 g/mol. The Labute approximate surface area is 103 Å². The van der Waals surface area contributed by atoms with Crippen LogP contribution in [0.2, 0.25) is 0 Å². The van der Waals surface area contributed by atoms with Gasteiger partial charge in [-0.3, -0.25) is 0 Å². The Hall–Kier alpha value is -1.32. The van der Waals surface area contributed by atoms with E-state index in [0.717, 1.165) is 31.3 Å². The highest BCUT2D eigenvalue weighted by molar-refractivity contribution is 5.50. The summed E-state index contributed by atoms with van der Waals surface area (Å²) in [5, 5.41) is 3.25. The second kappa shape index (κ2) is 5.34. The van der Waals surface area contributed by atoms with Gasteiger partial charge in [-0.15, -0.1) is 0 Å². The molecule has 1 fully saturated rings. The first-order valence-corrected chi connectivity index (χ1v) is 6.56. The highest BCUT2D eigenvalue weighted by Crippen LogP contribution is 2.26. The number of aryl methyl sites for hydroxylation is 1. The summed E-state index contributed by atoms with van der Waals surface area (Å²) < 4.78 is 0. The maximum atomic E-state index is 4.65. The van der Waals surface area contributed by atoms with Gasteiger partial charge in [0.1, 0.15) is 5.82 Å². The Kier molecular flexibility index (Phi) is 3.82. The predicted octanol–water partition coefficient (Wildman–Crippen LogP) is 2.60. The molecular formula is C13H22N4. The molecule has 1 aliphatic heterocycles. The van der Waals surface area contributed by atoms with E-state index in [4.69, 9.17) is 0 Å². The van der Waals surface area contributed by atoms with Gasteiger partial charge in [0, 0.05) is 30.9 Å². The minimum atomic E-state index is 0.600. The third kappa shape index (κ3) is 2.68. The molecule has 2 heterocycles. The number of nitrogens with one attached hydrogen (secondary N) is 1. The number of nitrogens with zero attached hydrogens (tertiary/aromatic N) is 3. The minimum absolute atomic E-state index is 0.600. The molecule has 0 spiro atoms. The maximum Gasteiger partial charge on any atom is 0.224 e. The summed E-state index contributed by atoms with van der Waals surface area (Å²) in [5.74, 6) is 1.86. The SMILES string of the molecule is CCCNc1ncc(C)c(N2CCCC2C)n1. The van der Waals surface area contributed by atoms with Gasteiger partial charge in [0.25, 0.3) is 0 Å². The molecule has 0 saturated carbocycles. The van der Waals surface area contributed by atoms with E-state index in [1.54, 1.807) is 0 Å². The van der Waals surface area contributed by atoms with E-state index in [9.17, 15) is 0 Å². The number of hydrogen-bond acceptors (Lipinski definition) is 4. The summed E-state index contributed by atoms with van der Waals surface area (Å²) in [5.41, 5.74) is 1.17. The molecule has 94 valence electrons. The highest BCUT2D eigenvalue weighted by Gasteiger charge is 2.23. The summed E-state index contributed by atoms with van der Waals surface area (Å²) in [6.07, 6.45) is 5.54. The third-order valence-electron chi connectivity index (χ3n) is 3.30. The van der Waals surface area contributed by atoms with E-state index in [1.165, 1.54) is 18.4 Å². The van der Waals surface area contributed by atoms with E-state index in [2.05, 4.69) is 41.0 Å². The van der Waals surface area contributed by atoms with Gasteiger partial charge < -0.3 is 10.2 Å². The van der Waals surface area contributed by atoms with Gasteiger partial charge in [0.2, 0.25) is 5.95 Å². The second-order valence-corrected chi connectivity index (χ2v) is 4.81. The Morgan fingerprint density at radius 2 is 2.35 bits per heavy atom. The van der Waals surface area contributed by atoms with E-state index < -0.39 is 0 Å². The van der Waals surface area contributed by atoms with Crippen LogP contribution in [0.4, 0.5) is 11.8 Å². The lowest BCUT2D eigenvalue weighted by Crippen LogP contribution is -2.28. The van der Waals surface area contributed by atoms with Crippen LogP contribution in [0.3, 0.4) is 0 Å². The normalized spacial score (nSPS) is 19.7. The van der Waals surface area contributed by atoms with Gasteiger partial charge in [0.05, 0.1) is 0 Å². The van der Waals surface area contributed by atoms with Crippen molar-refractivity contribution in [3.8, 4) is 0 Å². The van der Waals surface area contributed by atoms with Gasteiger partial charge in [-0.2, -0.15) is 4.98 Å². The van der Waals surface area contributed by atoms with Crippen molar-refractivity contribution in [2.75, 3.05) is 23.3 Å². The quantitative estimate of drug-likeness (QED) is 0.869. The number of aromatic nitrogens is 2. The first-order chi connectivity index (χ1) is 8.22. The van der Waals surface area contributed by atoms with Crippen LogP contribution in [0.15, 0.2) is 6.20 Å². The molecule has 0 bridgehead atoms. The fraction of sp³-hybridized carbons (Fsp3) is 0.692. The third-order valence-corrected chi connectivity index (χ3v) is 3.30. The maximum absolute atomic E-state index is 4.65.